The summed E-state index contributed by atoms with van der Waals surface area (Å²) in [4.78, 5) is 11.0. The quantitative estimate of drug-likeness (QED) is 0.843. The van der Waals surface area contributed by atoms with Crippen molar-refractivity contribution in [2.45, 2.75) is 31.0 Å². The van der Waals surface area contributed by atoms with Crippen LogP contribution in [0.15, 0.2) is 30.3 Å². The van der Waals surface area contributed by atoms with Gasteiger partial charge in [0.1, 0.15) is 0 Å². The molecule has 0 spiro atoms. The molecule has 106 valence electrons. The fourth-order valence-corrected chi connectivity index (χ4v) is 1.47. The molecule has 1 aromatic rings. The Hall–Kier alpha value is -1.50. The van der Waals surface area contributed by atoms with Crippen molar-refractivity contribution < 1.29 is 26.7 Å². The van der Waals surface area contributed by atoms with Crippen LogP contribution in [0.3, 0.4) is 0 Å². The fraction of sp³-hybridized carbons (Fsp3) is 0.417. The lowest BCUT2D eigenvalue weighted by atomic mass is 9.99. The van der Waals surface area contributed by atoms with Crippen LogP contribution >= 0.6 is 0 Å². The molecule has 0 radical (unpaired) electrons. The molecule has 0 aliphatic heterocycles. The Labute approximate surface area is 106 Å². The van der Waals surface area contributed by atoms with Gasteiger partial charge in [-0.25, -0.2) is 0 Å². The van der Waals surface area contributed by atoms with Crippen molar-refractivity contribution in [3.8, 4) is 0 Å². The highest BCUT2D eigenvalue weighted by Crippen LogP contribution is 2.36. The van der Waals surface area contributed by atoms with Crippen LogP contribution in [0.1, 0.15) is 12.0 Å². The third-order valence-corrected chi connectivity index (χ3v) is 2.59. The third-order valence-electron chi connectivity index (χ3n) is 2.59. The first-order valence-corrected chi connectivity index (χ1v) is 5.44. The predicted molar refractivity (Wildman–Crippen MR) is 58.7 cm³/mol. The number of carbonyl (C=O) groups excluding carboxylic acids is 1. The number of nitrogens with two attached hydrogens (primary N) is 1. The summed E-state index contributed by atoms with van der Waals surface area (Å²) in [5, 5.41) is 0. The van der Waals surface area contributed by atoms with Gasteiger partial charge in [-0.05, 0) is 18.4 Å². The largest absolute Gasteiger partial charge is 0.461 e. The van der Waals surface area contributed by atoms with E-state index >= 15 is 0 Å². The molecular weight excluding hydrogens is 269 g/mol. The van der Waals surface area contributed by atoms with E-state index in [1.807, 2.05) is 0 Å². The zero-order valence-corrected chi connectivity index (χ0v) is 9.75. The highest BCUT2D eigenvalue weighted by Gasteiger charge is 2.63. The third kappa shape index (κ3) is 3.73. The number of aryl methyl sites for hydroxylation is 1. The molecule has 1 unspecified atom stereocenters. The average Bonchev–Trinajstić information content (AvgIpc) is 2.34. The smallest absolute Gasteiger partial charge is 0.321 e. The first kappa shape index (κ1) is 15.6. The number of halogens is 5. The van der Waals surface area contributed by atoms with Gasteiger partial charge in [0, 0.05) is 0 Å². The predicted octanol–water partition coefficient (Wildman–Crippen LogP) is 2.71. The topological polar surface area (TPSA) is 43.1 Å². The van der Waals surface area contributed by atoms with Crippen molar-refractivity contribution in [2.24, 2.45) is 5.73 Å². The summed E-state index contributed by atoms with van der Waals surface area (Å²) in [6.07, 6.45) is -6.02. The van der Waals surface area contributed by atoms with Gasteiger partial charge in [0.05, 0.1) is 6.04 Å². The van der Waals surface area contributed by atoms with Crippen LogP contribution in [0.25, 0.3) is 0 Å². The number of ketones is 1. The Morgan fingerprint density at radius 3 is 2.11 bits per heavy atom. The minimum absolute atomic E-state index is 0.154. The number of benzene rings is 1. The fourth-order valence-electron chi connectivity index (χ4n) is 1.47. The molecular formula is C12H12F5NO. The maximum atomic E-state index is 12.7. The normalized spacial score (nSPS) is 14.2. The number of Topliss-reactive ketones (excluding diaryl/α,β-unsaturated/α-hetero) is 1. The van der Waals surface area contributed by atoms with Gasteiger partial charge in [-0.3, -0.25) is 4.79 Å². The highest BCUT2D eigenvalue weighted by atomic mass is 19.4. The van der Waals surface area contributed by atoms with E-state index in [0.717, 1.165) is 0 Å². The van der Waals surface area contributed by atoms with E-state index in [2.05, 4.69) is 0 Å². The Morgan fingerprint density at radius 1 is 1.11 bits per heavy atom. The highest BCUT2D eigenvalue weighted by molar-refractivity contribution is 5.91. The summed E-state index contributed by atoms with van der Waals surface area (Å²) in [6.45, 7) is 0. The molecule has 0 saturated heterocycles. The molecule has 19 heavy (non-hydrogen) atoms. The van der Waals surface area contributed by atoms with Crippen LogP contribution in [-0.2, 0) is 11.2 Å². The van der Waals surface area contributed by atoms with Crippen LogP contribution in [0.5, 0.6) is 0 Å². The van der Waals surface area contributed by atoms with Crippen LogP contribution in [-0.4, -0.2) is 23.9 Å². The Bertz CT molecular complexity index is 429. The van der Waals surface area contributed by atoms with E-state index in [-0.39, 0.29) is 12.8 Å². The number of carbonyl (C=O) groups is 1. The van der Waals surface area contributed by atoms with Crippen LogP contribution in [0.2, 0.25) is 0 Å². The van der Waals surface area contributed by atoms with Gasteiger partial charge in [0.2, 0.25) is 5.78 Å². The Balaban J connectivity index is 2.64. The molecule has 0 bridgehead atoms. The van der Waals surface area contributed by atoms with Gasteiger partial charge in [0.15, 0.2) is 0 Å². The molecule has 2 nitrogen and oxygen atoms in total. The summed E-state index contributed by atoms with van der Waals surface area (Å²) in [7, 11) is 0. The van der Waals surface area contributed by atoms with Gasteiger partial charge in [-0.15, -0.1) is 0 Å². The summed E-state index contributed by atoms with van der Waals surface area (Å²) in [5.41, 5.74) is 5.83. The second-order valence-electron chi connectivity index (χ2n) is 4.07. The number of alkyl halides is 5. The molecule has 0 saturated carbocycles. The van der Waals surface area contributed by atoms with E-state index in [9.17, 15) is 26.7 Å². The van der Waals surface area contributed by atoms with E-state index in [4.69, 9.17) is 5.73 Å². The zero-order chi connectivity index (χ0) is 14.7. The summed E-state index contributed by atoms with van der Waals surface area (Å²) in [5.74, 6) is -7.70. The molecule has 2 N–H and O–H groups in total. The standard InChI is InChI=1S/C12H12F5NO/c13-11(14,12(15,16)17)10(19)9(18)7-6-8-4-2-1-3-5-8/h1-5,9H,6-7,18H2. The van der Waals surface area contributed by atoms with Crippen LogP contribution in [0.4, 0.5) is 22.0 Å². The average molecular weight is 281 g/mol. The van der Waals surface area contributed by atoms with Gasteiger partial charge >= 0.3 is 12.1 Å². The SMILES string of the molecule is NC(CCc1ccccc1)C(=O)C(F)(F)C(F)(F)F. The maximum Gasteiger partial charge on any atom is 0.461 e. The number of hydrogen-bond acceptors (Lipinski definition) is 2. The molecule has 0 aliphatic carbocycles. The molecule has 0 aliphatic rings. The minimum atomic E-state index is -5.91. The second kappa shape index (κ2) is 5.64. The minimum Gasteiger partial charge on any atom is -0.321 e. The first-order valence-electron chi connectivity index (χ1n) is 5.44. The van der Waals surface area contributed by atoms with Gasteiger partial charge in [-0.2, -0.15) is 22.0 Å². The summed E-state index contributed by atoms with van der Waals surface area (Å²) < 4.78 is 61.4. The molecule has 0 fully saturated rings. The van der Waals surface area contributed by atoms with Crippen LogP contribution < -0.4 is 5.73 Å². The molecule has 0 heterocycles. The second-order valence-corrected chi connectivity index (χ2v) is 4.07. The molecule has 0 amide bonds. The van der Waals surface area contributed by atoms with E-state index < -0.39 is 23.9 Å². The van der Waals surface area contributed by atoms with Gasteiger partial charge in [0.25, 0.3) is 0 Å². The van der Waals surface area contributed by atoms with E-state index in [1.165, 1.54) is 0 Å². The van der Waals surface area contributed by atoms with E-state index in [1.54, 1.807) is 30.3 Å². The van der Waals surface area contributed by atoms with Crippen molar-refractivity contribution in [1.29, 1.82) is 0 Å². The van der Waals surface area contributed by atoms with Gasteiger partial charge < -0.3 is 5.73 Å². The maximum absolute atomic E-state index is 12.7. The van der Waals surface area contributed by atoms with Crippen molar-refractivity contribution in [3.05, 3.63) is 35.9 Å². The van der Waals surface area contributed by atoms with Crippen molar-refractivity contribution in [2.75, 3.05) is 0 Å². The lowest BCUT2D eigenvalue weighted by Gasteiger charge is -2.21. The molecule has 1 aromatic carbocycles. The monoisotopic (exact) mass is 281 g/mol. The summed E-state index contributed by atoms with van der Waals surface area (Å²) >= 11 is 0. The van der Waals surface area contributed by atoms with Crippen molar-refractivity contribution in [1.82, 2.24) is 0 Å². The lowest BCUT2D eigenvalue weighted by molar-refractivity contribution is -0.269. The molecule has 7 heteroatoms. The summed E-state index contributed by atoms with van der Waals surface area (Å²) in [6, 6.07) is 6.58. The molecule has 1 atom stereocenters. The Kier molecular flexibility index (Phi) is 4.62. The molecule has 1 rings (SSSR count). The number of rotatable bonds is 5. The first-order chi connectivity index (χ1) is 8.66. The Morgan fingerprint density at radius 2 is 1.63 bits per heavy atom. The lowest BCUT2D eigenvalue weighted by Crippen LogP contribution is -2.51. The van der Waals surface area contributed by atoms with Gasteiger partial charge in [-0.1, -0.05) is 30.3 Å². The number of hydrogen-bond donors (Lipinski definition) is 1. The van der Waals surface area contributed by atoms with Crippen LogP contribution in [0, 0.1) is 0 Å². The van der Waals surface area contributed by atoms with E-state index in [0.29, 0.717) is 5.56 Å². The zero-order valence-electron chi connectivity index (χ0n) is 9.75. The molecule has 0 aromatic heterocycles. The van der Waals surface area contributed by atoms with Crippen molar-refractivity contribution >= 4 is 5.78 Å². The van der Waals surface area contributed by atoms with Crippen molar-refractivity contribution in [3.63, 3.8) is 0 Å².